The number of fused-ring (bicyclic) bond motifs is 2. The van der Waals surface area contributed by atoms with E-state index in [2.05, 4.69) is 84.6 Å². The molecule has 27 heavy (non-hydrogen) atoms. The van der Waals surface area contributed by atoms with Gasteiger partial charge in [-0.25, -0.2) is 0 Å². The van der Waals surface area contributed by atoms with Gasteiger partial charge in [0.05, 0.1) is 11.2 Å². The highest BCUT2D eigenvalue weighted by Crippen LogP contribution is 2.58. The van der Waals surface area contributed by atoms with Crippen molar-refractivity contribution in [3.63, 3.8) is 0 Å². The predicted octanol–water partition coefficient (Wildman–Crippen LogP) is 6.48. The minimum absolute atomic E-state index is 0.0779. The van der Waals surface area contributed by atoms with E-state index in [0.717, 1.165) is 11.3 Å². The molecule has 0 heterocycles. The molecule has 2 aliphatic rings. The summed E-state index contributed by atoms with van der Waals surface area (Å²) >= 11 is 0. The maximum absolute atomic E-state index is 13.5. The van der Waals surface area contributed by atoms with Crippen LogP contribution in [0.25, 0.3) is 0 Å². The Morgan fingerprint density at radius 2 is 1.78 bits per heavy atom. The lowest BCUT2D eigenvalue weighted by atomic mass is 9.72. The van der Waals surface area contributed by atoms with E-state index in [1.165, 1.54) is 5.56 Å². The van der Waals surface area contributed by atoms with Crippen LogP contribution in [0.15, 0.2) is 54.3 Å². The summed E-state index contributed by atoms with van der Waals surface area (Å²) in [7, 11) is -1.94. The highest BCUT2D eigenvalue weighted by atomic mass is 28.4. The minimum atomic E-state index is -1.94. The van der Waals surface area contributed by atoms with Crippen LogP contribution in [0.2, 0.25) is 18.1 Å². The van der Waals surface area contributed by atoms with Crippen LogP contribution in [0.4, 0.5) is 0 Å². The number of benzene rings is 1. The lowest BCUT2D eigenvalue weighted by molar-refractivity contribution is -0.128. The Balaban J connectivity index is 2.02. The Morgan fingerprint density at radius 1 is 1.19 bits per heavy atom. The highest BCUT2D eigenvalue weighted by molar-refractivity contribution is 6.74. The van der Waals surface area contributed by atoms with Gasteiger partial charge in [-0.2, -0.15) is 0 Å². The van der Waals surface area contributed by atoms with Gasteiger partial charge < -0.3 is 4.43 Å². The van der Waals surface area contributed by atoms with E-state index < -0.39 is 13.7 Å². The number of rotatable bonds is 3. The average Bonchev–Trinajstić information content (AvgIpc) is 2.70. The summed E-state index contributed by atoms with van der Waals surface area (Å²) in [5.74, 6) is 1.45. The summed E-state index contributed by atoms with van der Waals surface area (Å²) in [6.07, 6.45) is 2.90. The molecule has 4 atom stereocenters. The molecule has 2 aliphatic carbocycles. The third kappa shape index (κ3) is 3.14. The van der Waals surface area contributed by atoms with E-state index in [0.29, 0.717) is 12.2 Å². The molecule has 0 radical (unpaired) electrons. The molecule has 0 aliphatic heterocycles. The van der Waals surface area contributed by atoms with Crippen molar-refractivity contribution in [2.45, 2.75) is 65.1 Å². The maximum Gasteiger partial charge on any atom is 0.250 e. The first kappa shape index (κ1) is 20.1. The van der Waals surface area contributed by atoms with Gasteiger partial charge in [-0.05, 0) is 42.6 Å². The number of carbonyl (C=O) groups excluding carboxylic acids is 1. The summed E-state index contributed by atoms with van der Waals surface area (Å²) in [6, 6.07) is 10.4. The quantitative estimate of drug-likeness (QED) is 0.442. The maximum atomic E-state index is 13.5. The monoisotopic (exact) mass is 382 g/mol. The molecular formula is C24H34O2Si. The van der Waals surface area contributed by atoms with Crippen LogP contribution in [0.5, 0.6) is 0 Å². The second-order valence-electron chi connectivity index (χ2n) is 10.1. The smallest absolute Gasteiger partial charge is 0.250 e. The Labute approximate surface area is 165 Å². The molecule has 0 spiro atoms. The zero-order chi connectivity index (χ0) is 20.2. The first-order valence-electron chi connectivity index (χ1n) is 10.1. The second kappa shape index (κ2) is 6.48. The second-order valence-corrected chi connectivity index (χ2v) is 14.8. The van der Waals surface area contributed by atoms with E-state index >= 15 is 0 Å². The molecule has 0 aromatic heterocycles. The van der Waals surface area contributed by atoms with Gasteiger partial charge in [0.15, 0.2) is 0 Å². The van der Waals surface area contributed by atoms with Crippen molar-refractivity contribution < 1.29 is 9.22 Å². The Kier molecular flexibility index (Phi) is 4.83. The normalized spacial score (nSPS) is 31.5. The molecule has 0 N–H and O–H groups in total. The average molecular weight is 383 g/mol. The van der Waals surface area contributed by atoms with E-state index in [9.17, 15) is 4.79 Å². The van der Waals surface area contributed by atoms with Gasteiger partial charge in [-0.1, -0.05) is 70.2 Å². The summed E-state index contributed by atoms with van der Waals surface area (Å²) < 4.78 is 6.68. The standard InChI is InChI=1S/C24H34O2Si/c1-16-14-19(26-27(7,8)23(3,4)5)15-20-21(18-12-10-9-11-13-18)17(2)24(16,6)22(20)25/h9-14,16,20-21H,2,15H2,1,3-8H3/t16-,20-,21-,24+/m1/s1. The third-order valence-corrected chi connectivity index (χ3v) is 11.8. The topological polar surface area (TPSA) is 26.3 Å². The van der Waals surface area contributed by atoms with Crippen LogP contribution >= 0.6 is 0 Å². The number of ketones is 1. The molecular weight excluding hydrogens is 348 g/mol. The summed E-state index contributed by atoms with van der Waals surface area (Å²) in [5.41, 5.74) is 1.76. The van der Waals surface area contributed by atoms with Crippen molar-refractivity contribution in [3.8, 4) is 0 Å². The molecule has 2 nitrogen and oxygen atoms in total. The van der Waals surface area contributed by atoms with Crippen molar-refractivity contribution in [1.29, 1.82) is 0 Å². The Bertz CT molecular complexity index is 784. The number of allylic oxidation sites excluding steroid dienone is 3. The largest absolute Gasteiger partial charge is 0.547 e. The molecule has 0 unspecified atom stereocenters. The molecule has 1 aromatic rings. The van der Waals surface area contributed by atoms with Gasteiger partial charge in [-0.3, -0.25) is 4.79 Å². The fourth-order valence-electron chi connectivity index (χ4n) is 4.37. The number of hydrogen-bond acceptors (Lipinski definition) is 2. The van der Waals surface area contributed by atoms with E-state index in [1.807, 2.05) is 6.07 Å². The number of carbonyl (C=O) groups is 1. The number of Topliss-reactive ketones (excluding diaryl/α,β-unsaturated/α-hetero) is 1. The van der Waals surface area contributed by atoms with Crippen LogP contribution < -0.4 is 0 Å². The molecule has 0 amide bonds. The van der Waals surface area contributed by atoms with E-state index in [1.54, 1.807) is 0 Å². The van der Waals surface area contributed by atoms with Crippen molar-refractivity contribution in [1.82, 2.24) is 0 Å². The summed E-state index contributed by atoms with van der Waals surface area (Å²) in [4.78, 5) is 13.5. The zero-order valence-electron chi connectivity index (χ0n) is 17.9. The lowest BCUT2D eigenvalue weighted by Gasteiger charge is -2.38. The lowest BCUT2D eigenvalue weighted by Crippen LogP contribution is -2.40. The van der Waals surface area contributed by atoms with Gasteiger partial charge in [0.1, 0.15) is 5.78 Å². The SMILES string of the molecule is C=C1[C@H](c2ccccc2)[C@H]2CC(O[Si](C)(C)C(C)(C)C)=C[C@@H](C)[C@]1(C)C2=O. The Morgan fingerprint density at radius 3 is 2.33 bits per heavy atom. The van der Waals surface area contributed by atoms with Crippen LogP contribution in [0.3, 0.4) is 0 Å². The minimum Gasteiger partial charge on any atom is -0.547 e. The third-order valence-electron chi connectivity index (χ3n) is 7.41. The first-order chi connectivity index (χ1) is 12.4. The summed E-state index contributed by atoms with van der Waals surface area (Å²) in [6.45, 7) is 20.0. The number of hydrogen-bond donors (Lipinski definition) is 0. The van der Waals surface area contributed by atoms with Gasteiger partial charge in [0.2, 0.25) is 8.32 Å². The molecule has 1 fully saturated rings. The fourth-order valence-corrected chi connectivity index (χ4v) is 5.48. The van der Waals surface area contributed by atoms with Gasteiger partial charge in [0.25, 0.3) is 0 Å². The molecule has 2 bridgehead atoms. The van der Waals surface area contributed by atoms with Gasteiger partial charge in [0, 0.05) is 18.3 Å². The fraction of sp³-hybridized carbons (Fsp3) is 0.542. The molecule has 1 saturated carbocycles. The van der Waals surface area contributed by atoms with Crippen LogP contribution in [0.1, 0.15) is 52.5 Å². The first-order valence-corrected chi connectivity index (χ1v) is 13.0. The van der Waals surface area contributed by atoms with Crippen LogP contribution in [0, 0.1) is 17.3 Å². The molecule has 3 rings (SSSR count). The van der Waals surface area contributed by atoms with Gasteiger partial charge in [-0.15, -0.1) is 0 Å². The van der Waals surface area contributed by atoms with Crippen molar-refractivity contribution in [2.24, 2.45) is 17.3 Å². The molecule has 1 aromatic carbocycles. The van der Waals surface area contributed by atoms with Crippen LogP contribution in [-0.4, -0.2) is 14.1 Å². The predicted molar refractivity (Wildman–Crippen MR) is 115 cm³/mol. The van der Waals surface area contributed by atoms with E-state index in [4.69, 9.17) is 4.43 Å². The van der Waals surface area contributed by atoms with Gasteiger partial charge >= 0.3 is 0 Å². The van der Waals surface area contributed by atoms with Crippen molar-refractivity contribution in [2.75, 3.05) is 0 Å². The van der Waals surface area contributed by atoms with E-state index in [-0.39, 0.29) is 22.8 Å². The molecule has 3 heteroatoms. The Hall–Kier alpha value is -1.61. The summed E-state index contributed by atoms with van der Waals surface area (Å²) in [5, 5.41) is 0.138. The van der Waals surface area contributed by atoms with Crippen molar-refractivity contribution in [3.05, 3.63) is 59.9 Å². The van der Waals surface area contributed by atoms with Crippen molar-refractivity contribution >= 4 is 14.1 Å². The zero-order valence-corrected chi connectivity index (χ0v) is 18.9. The van der Waals surface area contributed by atoms with Crippen LogP contribution in [-0.2, 0) is 9.22 Å². The molecule has 0 saturated heterocycles. The highest BCUT2D eigenvalue weighted by Gasteiger charge is 2.57. The molecule has 146 valence electrons.